The lowest BCUT2D eigenvalue weighted by Crippen LogP contribution is -2.39. The Balaban J connectivity index is 2.05. The fourth-order valence-corrected chi connectivity index (χ4v) is 2.25. The maximum Gasteiger partial charge on any atom is 0.218 e. The molecule has 0 aromatic carbocycles. The Labute approximate surface area is 94.1 Å². The molecule has 5 heteroatoms. The van der Waals surface area contributed by atoms with Gasteiger partial charge in [-0.15, -0.1) is 0 Å². The molecule has 0 amide bonds. The van der Waals surface area contributed by atoms with Gasteiger partial charge in [0.1, 0.15) is 12.1 Å². The summed E-state index contributed by atoms with van der Waals surface area (Å²) in [7, 11) is 1.80. The molecule has 0 saturated heterocycles. The van der Waals surface area contributed by atoms with Gasteiger partial charge in [-0.05, 0) is 12.8 Å². The largest absolute Gasteiger partial charge is 0.388 e. The minimum absolute atomic E-state index is 0.490. The molecule has 0 radical (unpaired) electrons. The van der Waals surface area contributed by atoms with Gasteiger partial charge in [0.2, 0.25) is 5.95 Å². The zero-order valence-electron chi connectivity index (χ0n) is 9.36. The molecule has 1 saturated carbocycles. The van der Waals surface area contributed by atoms with Gasteiger partial charge in [-0.2, -0.15) is 4.39 Å². The van der Waals surface area contributed by atoms with E-state index in [0.717, 1.165) is 25.7 Å². The van der Waals surface area contributed by atoms with Gasteiger partial charge in [0, 0.05) is 19.7 Å². The number of anilines is 1. The number of aromatic nitrogens is 2. The van der Waals surface area contributed by atoms with E-state index in [2.05, 4.69) is 9.97 Å². The van der Waals surface area contributed by atoms with Gasteiger partial charge < -0.3 is 10.0 Å². The number of halogens is 1. The van der Waals surface area contributed by atoms with Crippen molar-refractivity contribution >= 4 is 5.82 Å². The minimum Gasteiger partial charge on any atom is -0.388 e. The van der Waals surface area contributed by atoms with Gasteiger partial charge in [-0.25, -0.2) is 9.97 Å². The second-order valence-corrected chi connectivity index (χ2v) is 4.49. The first-order valence-electron chi connectivity index (χ1n) is 5.50. The predicted octanol–water partition coefficient (Wildman–Crippen LogP) is 1.36. The summed E-state index contributed by atoms with van der Waals surface area (Å²) in [5.74, 6) is -0.0388. The Kier molecular flexibility index (Phi) is 3.05. The highest BCUT2D eigenvalue weighted by Crippen LogP contribution is 2.30. The molecule has 1 fully saturated rings. The second kappa shape index (κ2) is 4.33. The van der Waals surface area contributed by atoms with Crippen LogP contribution in [0.5, 0.6) is 0 Å². The van der Waals surface area contributed by atoms with Crippen molar-refractivity contribution in [3.63, 3.8) is 0 Å². The first kappa shape index (κ1) is 11.3. The summed E-state index contributed by atoms with van der Waals surface area (Å²) >= 11 is 0. The lowest BCUT2D eigenvalue weighted by atomic mass is 10.0. The molecule has 1 aromatic rings. The van der Waals surface area contributed by atoms with Gasteiger partial charge in [0.05, 0.1) is 5.60 Å². The molecule has 1 aliphatic rings. The fourth-order valence-electron chi connectivity index (χ4n) is 2.25. The van der Waals surface area contributed by atoms with Crippen molar-refractivity contribution in [2.75, 3.05) is 18.5 Å². The van der Waals surface area contributed by atoms with Gasteiger partial charge in [-0.3, -0.25) is 0 Å². The Morgan fingerprint density at radius 3 is 2.75 bits per heavy atom. The van der Waals surface area contributed by atoms with Crippen molar-refractivity contribution in [3.8, 4) is 0 Å². The second-order valence-electron chi connectivity index (χ2n) is 4.49. The first-order valence-corrected chi connectivity index (χ1v) is 5.50. The van der Waals surface area contributed by atoms with Crippen LogP contribution in [-0.2, 0) is 0 Å². The molecule has 4 nitrogen and oxygen atoms in total. The molecular formula is C11H16FN3O. The highest BCUT2D eigenvalue weighted by atomic mass is 19.1. The third-order valence-electron chi connectivity index (χ3n) is 3.08. The molecule has 88 valence electrons. The van der Waals surface area contributed by atoms with E-state index >= 15 is 0 Å². The van der Waals surface area contributed by atoms with Crippen LogP contribution in [0.25, 0.3) is 0 Å². The zero-order valence-corrected chi connectivity index (χ0v) is 9.36. The minimum atomic E-state index is -0.643. The van der Waals surface area contributed by atoms with Crippen LogP contribution in [0.2, 0.25) is 0 Å². The van der Waals surface area contributed by atoms with E-state index in [9.17, 15) is 9.50 Å². The molecule has 1 N–H and O–H groups in total. The lowest BCUT2D eigenvalue weighted by Gasteiger charge is -2.29. The molecular weight excluding hydrogens is 209 g/mol. The Morgan fingerprint density at radius 1 is 1.44 bits per heavy atom. The number of likely N-dealkylation sites (N-methyl/N-ethyl adjacent to an activating group) is 1. The van der Waals surface area contributed by atoms with Gasteiger partial charge in [0.25, 0.3) is 0 Å². The average molecular weight is 225 g/mol. The quantitative estimate of drug-likeness (QED) is 0.789. The normalized spacial score (nSPS) is 18.7. The van der Waals surface area contributed by atoms with E-state index in [1.165, 1.54) is 12.4 Å². The van der Waals surface area contributed by atoms with Crippen molar-refractivity contribution < 1.29 is 9.50 Å². The van der Waals surface area contributed by atoms with E-state index in [4.69, 9.17) is 0 Å². The van der Waals surface area contributed by atoms with Crippen molar-refractivity contribution in [1.82, 2.24) is 9.97 Å². The number of nitrogens with zero attached hydrogens (tertiary/aromatic N) is 3. The van der Waals surface area contributed by atoms with Crippen molar-refractivity contribution in [2.24, 2.45) is 0 Å². The summed E-state index contributed by atoms with van der Waals surface area (Å²) in [6.45, 7) is 0.490. The standard InChI is InChI=1S/C11H16FN3O/c1-15(7-11(16)4-2-3-5-11)10-6-9(12)13-8-14-10/h6,8,16H,2-5,7H2,1H3. The number of hydrogen-bond donors (Lipinski definition) is 1. The smallest absolute Gasteiger partial charge is 0.218 e. The molecule has 1 aromatic heterocycles. The highest BCUT2D eigenvalue weighted by molar-refractivity contribution is 5.36. The number of aliphatic hydroxyl groups is 1. The third-order valence-corrected chi connectivity index (χ3v) is 3.08. The van der Waals surface area contributed by atoms with Crippen molar-refractivity contribution in [1.29, 1.82) is 0 Å². The molecule has 0 unspecified atom stereocenters. The van der Waals surface area contributed by atoms with Crippen LogP contribution in [0.4, 0.5) is 10.2 Å². The lowest BCUT2D eigenvalue weighted by molar-refractivity contribution is 0.0557. The highest BCUT2D eigenvalue weighted by Gasteiger charge is 2.32. The van der Waals surface area contributed by atoms with Crippen molar-refractivity contribution in [3.05, 3.63) is 18.3 Å². The Hall–Kier alpha value is -1.23. The van der Waals surface area contributed by atoms with Crippen LogP contribution in [0.1, 0.15) is 25.7 Å². The number of rotatable bonds is 3. The summed E-state index contributed by atoms with van der Waals surface area (Å²) in [6, 6.07) is 1.28. The topological polar surface area (TPSA) is 49.2 Å². The van der Waals surface area contributed by atoms with Crippen LogP contribution in [-0.4, -0.2) is 34.3 Å². The Bertz CT molecular complexity index is 366. The summed E-state index contributed by atoms with van der Waals surface area (Å²) in [5.41, 5.74) is -0.643. The maximum atomic E-state index is 12.9. The zero-order chi connectivity index (χ0) is 11.6. The maximum absolute atomic E-state index is 12.9. The van der Waals surface area contributed by atoms with E-state index in [-0.39, 0.29) is 0 Å². The van der Waals surface area contributed by atoms with E-state index < -0.39 is 11.5 Å². The summed E-state index contributed by atoms with van der Waals surface area (Å²) < 4.78 is 12.9. The molecule has 0 aliphatic heterocycles. The Morgan fingerprint density at radius 2 is 2.12 bits per heavy atom. The molecule has 0 bridgehead atoms. The van der Waals surface area contributed by atoms with Crippen molar-refractivity contribution in [2.45, 2.75) is 31.3 Å². The number of hydrogen-bond acceptors (Lipinski definition) is 4. The van der Waals surface area contributed by atoms with Crippen LogP contribution in [0.15, 0.2) is 12.4 Å². The van der Waals surface area contributed by atoms with E-state index in [0.29, 0.717) is 12.4 Å². The summed E-state index contributed by atoms with van der Waals surface area (Å²) in [5, 5.41) is 10.2. The fraction of sp³-hybridized carbons (Fsp3) is 0.636. The SMILES string of the molecule is CN(CC1(O)CCCC1)c1cc(F)ncn1. The summed E-state index contributed by atoms with van der Waals surface area (Å²) in [6.07, 6.45) is 4.93. The van der Waals surface area contributed by atoms with Gasteiger partial charge >= 0.3 is 0 Å². The van der Waals surface area contributed by atoms with Crippen LogP contribution < -0.4 is 4.90 Å². The van der Waals surface area contributed by atoms with Gasteiger partial charge in [0.15, 0.2) is 0 Å². The molecule has 16 heavy (non-hydrogen) atoms. The van der Waals surface area contributed by atoms with Crippen LogP contribution in [0, 0.1) is 5.95 Å². The first-order chi connectivity index (χ1) is 7.59. The average Bonchev–Trinajstić information content (AvgIpc) is 2.65. The monoisotopic (exact) mass is 225 g/mol. The summed E-state index contributed by atoms with van der Waals surface area (Å²) in [4.78, 5) is 9.15. The molecule has 1 aliphatic carbocycles. The molecule has 0 atom stereocenters. The van der Waals surface area contributed by atoms with E-state index in [1.54, 1.807) is 11.9 Å². The predicted molar refractivity (Wildman–Crippen MR) is 58.7 cm³/mol. The van der Waals surface area contributed by atoms with Gasteiger partial charge in [-0.1, -0.05) is 12.8 Å². The third kappa shape index (κ3) is 2.47. The van der Waals surface area contributed by atoms with E-state index in [1.807, 2.05) is 0 Å². The molecule has 0 spiro atoms. The van der Waals surface area contributed by atoms with Crippen LogP contribution >= 0.6 is 0 Å². The van der Waals surface area contributed by atoms with Crippen LogP contribution in [0.3, 0.4) is 0 Å². The molecule has 2 rings (SSSR count). The molecule has 1 heterocycles.